The lowest BCUT2D eigenvalue weighted by molar-refractivity contribution is 0.0980. The highest BCUT2D eigenvalue weighted by atomic mass is 35.5. The maximum atomic E-state index is 5.96. The van der Waals surface area contributed by atoms with Crippen LogP contribution in [0.5, 0.6) is 0 Å². The van der Waals surface area contributed by atoms with Gasteiger partial charge in [0.1, 0.15) is 5.01 Å². The van der Waals surface area contributed by atoms with Crippen LogP contribution in [-0.2, 0) is 6.54 Å². The van der Waals surface area contributed by atoms with Crippen molar-refractivity contribution in [3.8, 4) is 10.7 Å². The van der Waals surface area contributed by atoms with Crippen molar-refractivity contribution < 1.29 is 0 Å². The lowest BCUT2D eigenvalue weighted by atomic mass is 9.91. The fraction of sp³-hybridized carbons (Fsp3) is 0.500. The summed E-state index contributed by atoms with van der Waals surface area (Å²) in [6.07, 6.45) is 4.36. The van der Waals surface area contributed by atoms with E-state index in [2.05, 4.69) is 22.2 Å². The van der Waals surface area contributed by atoms with Crippen LogP contribution in [0, 0.1) is 5.92 Å². The predicted octanol–water partition coefficient (Wildman–Crippen LogP) is 3.19. The average molecular weight is 339 g/mol. The van der Waals surface area contributed by atoms with E-state index < -0.39 is 0 Å². The number of piperidine rings is 1. The summed E-state index contributed by atoms with van der Waals surface area (Å²) in [7, 11) is 0. The van der Waals surface area contributed by atoms with Gasteiger partial charge in [0.2, 0.25) is 0 Å². The zero-order valence-electron chi connectivity index (χ0n) is 12.8. The SMILES string of the molecule is CC1CCCN(Cc2csc(-c3ccccn3)n2)C1CN.Cl. The minimum atomic E-state index is 0. The van der Waals surface area contributed by atoms with E-state index >= 15 is 0 Å². The van der Waals surface area contributed by atoms with E-state index in [-0.39, 0.29) is 12.4 Å². The summed E-state index contributed by atoms with van der Waals surface area (Å²) in [6.45, 7) is 5.07. The molecule has 3 rings (SSSR count). The number of likely N-dealkylation sites (tertiary alicyclic amines) is 1. The molecule has 2 unspecified atom stereocenters. The minimum absolute atomic E-state index is 0. The number of hydrogen-bond donors (Lipinski definition) is 1. The molecule has 1 saturated heterocycles. The predicted molar refractivity (Wildman–Crippen MR) is 94.2 cm³/mol. The summed E-state index contributed by atoms with van der Waals surface area (Å²) in [6, 6.07) is 6.42. The lowest BCUT2D eigenvalue weighted by Crippen LogP contribution is -2.48. The van der Waals surface area contributed by atoms with Crippen molar-refractivity contribution in [2.75, 3.05) is 13.1 Å². The molecular formula is C16H23ClN4S. The molecule has 0 amide bonds. The van der Waals surface area contributed by atoms with Gasteiger partial charge >= 0.3 is 0 Å². The first kappa shape index (κ1) is 17.3. The second-order valence-electron chi connectivity index (χ2n) is 5.75. The van der Waals surface area contributed by atoms with Gasteiger partial charge in [-0.05, 0) is 37.4 Å². The summed E-state index contributed by atoms with van der Waals surface area (Å²) >= 11 is 1.67. The van der Waals surface area contributed by atoms with E-state index in [4.69, 9.17) is 10.7 Å². The molecule has 6 heteroatoms. The average Bonchev–Trinajstić information content (AvgIpc) is 2.97. The van der Waals surface area contributed by atoms with E-state index in [1.807, 2.05) is 24.4 Å². The van der Waals surface area contributed by atoms with Crippen LogP contribution in [0.4, 0.5) is 0 Å². The molecule has 120 valence electrons. The summed E-state index contributed by atoms with van der Waals surface area (Å²) in [5.74, 6) is 0.678. The third-order valence-electron chi connectivity index (χ3n) is 4.27. The lowest BCUT2D eigenvalue weighted by Gasteiger charge is -2.39. The van der Waals surface area contributed by atoms with Crippen LogP contribution in [-0.4, -0.2) is 34.0 Å². The van der Waals surface area contributed by atoms with E-state index in [1.54, 1.807) is 11.3 Å². The fourth-order valence-electron chi connectivity index (χ4n) is 3.11. The molecule has 2 aromatic rings. The quantitative estimate of drug-likeness (QED) is 0.930. The van der Waals surface area contributed by atoms with Crippen LogP contribution in [0.3, 0.4) is 0 Å². The molecule has 1 aliphatic heterocycles. The first-order valence-corrected chi connectivity index (χ1v) is 8.46. The topological polar surface area (TPSA) is 55.0 Å². The number of thiazole rings is 1. The highest BCUT2D eigenvalue weighted by molar-refractivity contribution is 7.13. The van der Waals surface area contributed by atoms with Crippen molar-refractivity contribution in [2.24, 2.45) is 11.7 Å². The molecule has 0 aliphatic carbocycles. The van der Waals surface area contributed by atoms with Crippen LogP contribution >= 0.6 is 23.7 Å². The summed E-state index contributed by atoms with van der Waals surface area (Å²) in [5.41, 5.74) is 8.05. The van der Waals surface area contributed by atoms with Crippen molar-refractivity contribution in [3.05, 3.63) is 35.5 Å². The van der Waals surface area contributed by atoms with E-state index in [1.165, 1.54) is 12.8 Å². The Hall–Kier alpha value is -1.01. The molecule has 3 heterocycles. The molecule has 2 aromatic heterocycles. The molecule has 1 fully saturated rings. The Balaban J connectivity index is 0.00000176. The van der Waals surface area contributed by atoms with Gasteiger partial charge in [-0.15, -0.1) is 23.7 Å². The van der Waals surface area contributed by atoms with Gasteiger partial charge in [0.15, 0.2) is 0 Å². The standard InChI is InChI=1S/C16H22N4S.ClH/c1-12-5-4-8-20(15(12)9-17)10-13-11-21-16(19-13)14-6-2-3-7-18-14;/h2-3,6-7,11-12,15H,4-5,8-10,17H2,1H3;1H. The smallest absolute Gasteiger partial charge is 0.142 e. The van der Waals surface area contributed by atoms with Gasteiger partial charge in [-0.2, -0.15) is 0 Å². The van der Waals surface area contributed by atoms with Gasteiger partial charge in [-0.25, -0.2) is 4.98 Å². The Kier molecular flexibility index (Phi) is 6.32. The summed E-state index contributed by atoms with van der Waals surface area (Å²) in [4.78, 5) is 11.6. The Morgan fingerprint density at radius 1 is 1.41 bits per heavy atom. The molecule has 2 N–H and O–H groups in total. The fourth-order valence-corrected chi connectivity index (χ4v) is 3.89. The second kappa shape index (κ2) is 8.02. The number of halogens is 1. The van der Waals surface area contributed by atoms with Crippen LogP contribution in [0.1, 0.15) is 25.5 Å². The number of rotatable bonds is 4. The molecule has 0 aromatic carbocycles. The second-order valence-corrected chi connectivity index (χ2v) is 6.61. The summed E-state index contributed by atoms with van der Waals surface area (Å²) in [5, 5.41) is 3.15. The van der Waals surface area contributed by atoms with Gasteiger partial charge in [-0.1, -0.05) is 13.0 Å². The van der Waals surface area contributed by atoms with Crippen molar-refractivity contribution in [3.63, 3.8) is 0 Å². The number of nitrogens with two attached hydrogens (primary N) is 1. The van der Waals surface area contributed by atoms with Gasteiger partial charge in [0.05, 0.1) is 11.4 Å². The zero-order valence-corrected chi connectivity index (χ0v) is 14.4. The van der Waals surface area contributed by atoms with E-state index in [0.717, 1.165) is 36.0 Å². The molecular weight excluding hydrogens is 316 g/mol. The van der Waals surface area contributed by atoms with Crippen LogP contribution in [0.2, 0.25) is 0 Å². The third-order valence-corrected chi connectivity index (χ3v) is 5.19. The molecule has 0 radical (unpaired) electrons. The molecule has 2 atom stereocenters. The minimum Gasteiger partial charge on any atom is -0.329 e. The third kappa shape index (κ3) is 3.84. The first-order valence-electron chi connectivity index (χ1n) is 7.58. The highest BCUT2D eigenvalue weighted by Gasteiger charge is 2.27. The molecule has 22 heavy (non-hydrogen) atoms. The van der Waals surface area contributed by atoms with Crippen molar-refractivity contribution in [1.82, 2.24) is 14.9 Å². The molecule has 1 aliphatic rings. The molecule has 0 saturated carbocycles. The van der Waals surface area contributed by atoms with E-state index in [9.17, 15) is 0 Å². The Bertz CT molecular complexity index is 575. The molecule has 4 nitrogen and oxygen atoms in total. The van der Waals surface area contributed by atoms with Gasteiger partial charge in [-0.3, -0.25) is 9.88 Å². The number of nitrogens with zero attached hydrogens (tertiary/aromatic N) is 3. The number of hydrogen-bond acceptors (Lipinski definition) is 5. The number of aromatic nitrogens is 2. The largest absolute Gasteiger partial charge is 0.329 e. The van der Waals surface area contributed by atoms with Crippen LogP contribution < -0.4 is 5.73 Å². The van der Waals surface area contributed by atoms with Gasteiger partial charge in [0.25, 0.3) is 0 Å². The van der Waals surface area contributed by atoms with Crippen LogP contribution in [0.15, 0.2) is 29.8 Å². The Morgan fingerprint density at radius 3 is 3.00 bits per heavy atom. The van der Waals surface area contributed by atoms with Crippen molar-refractivity contribution in [2.45, 2.75) is 32.4 Å². The number of pyridine rings is 1. The van der Waals surface area contributed by atoms with E-state index in [0.29, 0.717) is 12.0 Å². The van der Waals surface area contributed by atoms with Crippen molar-refractivity contribution in [1.29, 1.82) is 0 Å². The first-order chi connectivity index (χ1) is 10.3. The zero-order chi connectivity index (χ0) is 14.7. The monoisotopic (exact) mass is 338 g/mol. The van der Waals surface area contributed by atoms with Crippen molar-refractivity contribution >= 4 is 23.7 Å². The van der Waals surface area contributed by atoms with Crippen LogP contribution in [0.25, 0.3) is 10.7 Å². The summed E-state index contributed by atoms with van der Waals surface area (Å²) < 4.78 is 0. The highest BCUT2D eigenvalue weighted by Crippen LogP contribution is 2.26. The Labute approximate surface area is 142 Å². The maximum absolute atomic E-state index is 5.96. The van der Waals surface area contributed by atoms with Gasteiger partial charge in [0, 0.05) is 30.7 Å². The normalized spacial score (nSPS) is 22.3. The maximum Gasteiger partial charge on any atom is 0.142 e. The molecule has 0 spiro atoms. The van der Waals surface area contributed by atoms with Gasteiger partial charge < -0.3 is 5.73 Å². The Morgan fingerprint density at radius 2 is 2.27 bits per heavy atom. The molecule has 0 bridgehead atoms.